The Morgan fingerprint density at radius 3 is 2.97 bits per heavy atom. The lowest BCUT2D eigenvalue weighted by molar-refractivity contribution is 0.00732. The Morgan fingerprint density at radius 1 is 1.30 bits per heavy atom. The number of amides is 1. The minimum atomic E-state index is -0.158. The molecule has 1 aliphatic carbocycles. The van der Waals surface area contributed by atoms with Gasteiger partial charge in [-0.05, 0) is 31.0 Å². The van der Waals surface area contributed by atoms with Gasteiger partial charge in [-0.15, -0.1) is 0 Å². The molecule has 0 saturated heterocycles. The van der Waals surface area contributed by atoms with Crippen LogP contribution in [0.5, 0.6) is 0 Å². The predicted octanol–water partition coefficient (Wildman–Crippen LogP) is 3.17. The first kappa shape index (κ1) is 18.4. The van der Waals surface area contributed by atoms with E-state index >= 15 is 0 Å². The Bertz CT molecular complexity index is 1230. The molecule has 4 aromatic rings. The summed E-state index contributed by atoms with van der Waals surface area (Å²) in [6.45, 7) is 0. The fourth-order valence-electron chi connectivity index (χ4n) is 3.82. The lowest BCUT2D eigenvalue weighted by Gasteiger charge is -2.35. The van der Waals surface area contributed by atoms with Gasteiger partial charge in [0.1, 0.15) is 11.3 Å². The van der Waals surface area contributed by atoms with Crippen LogP contribution in [0.15, 0.2) is 47.3 Å². The number of benzene rings is 1. The first-order valence-electron chi connectivity index (χ1n) is 9.80. The van der Waals surface area contributed by atoms with Crippen molar-refractivity contribution in [2.24, 2.45) is 0 Å². The van der Waals surface area contributed by atoms with E-state index in [1.807, 2.05) is 37.4 Å². The molecule has 0 radical (unpaired) electrons. The number of carbonyl (C=O) groups excluding carboxylic acids is 1. The molecule has 1 aromatic carbocycles. The molecule has 5 rings (SSSR count). The molecule has 0 aliphatic heterocycles. The molecule has 30 heavy (non-hydrogen) atoms. The molecule has 3 heterocycles. The lowest BCUT2D eigenvalue weighted by Crippen LogP contribution is -2.51. The van der Waals surface area contributed by atoms with Crippen molar-refractivity contribution in [2.75, 3.05) is 24.8 Å². The van der Waals surface area contributed by atoms with Crippen molar-refractivity contribution >= 4 is 39.7 Å². The van der Waals surface area contributed by atoms with Gasteiger partial charge in [-0.2, -0.15) is 5.10 Å². The standard InChI is InChI=1S/C21H22N6O3/c1-22-19-9-12(25-15-4-3-5-18-20(15)23-11-30-18)8-16-13(10-24-27(16)19)21(28)26-14-6-7-17(14)29-2/h3-5,8-11,14,17,22,25H,6-7H2,1-2H3,(H,26,28). The van der Waals surface area contributed by atoms with Crippen LogP contribution >= 0.6 is 0 Å². The van der Waals surface area contributed by atoms with Crippen LogP contribution in [-0.2, 0) is 4.74 Å². The van der Waals surface area contributed by atoms with Crippen LogP contribution in [0.2, 0.25) is 0 Å². The van der Waals surface area contributed by atoms with Crippen molar-refractivity contribution in [3.63, 3.8) is 0 Å². The highest BCUT2D eigenvalue weighted by atomic mass is 16.5. The third-order valence-electron chi connectivity index (χ3n) is 5.59. The van der Waals surface area contributed by atoms with Crippen molar-refractivity contribution < 1.29 is 13.9 Å². The van der Waals surface area contributed by atoms with E-state index < -0.39 is 0 Å². The molecule has 2 unspecified atom stereocenters. The zero-order valence-corrected chi connectivity index (χ0v) is 16.7. The predicted molar refractivity (Wildman–Crippen MR) is 113 cm³/mol. The molecule has 3 N–H and O–H groups in total. The van der Waals surface area contributed by atoms with Gasteiger partial charge in [-0.1, -0.05) is 6.07 Å². The Kier molecular flexibility index (Phi) is 4.51. The number of ether oxygens (including phenoxy) is 1. The number of carbonyl (C=O) groups is 1. The molecule has 1 aliphatic rings. The van der Waals surface area contributed by atoms with Gasteiger partial charge in [-0.25, -0.2) is 9.50 Å². The maximum absolute atomic E-state index is 12.9. The van der Waals surface area contributed by atoms with E-state index in [4.69, 9.17) is 9.15 Å². The van der Waals surface area contributed by atoms with Crippen LogP contribution in [0.1, 0.15) is 23.2 Å². The number of rotatable bonds is 6. The first-order valence-corrected chi connectivity index (χ1v) is 9.80. The van der Waals surface area contributed by atoms with E-state index in [0.717, 1.165) is 35.6 Å². The highest BCUT2D eigenvalue weighted by Gasteiger charge is 2.32. The number of pyridine rings is 1. The van der Waals surface area contributed by atoms with Crippen molar-refractivity contribution in [1.82, 2.24) is 19.9 Å². The van der Waals surface area contributed by atoms with E-state index in [1.54, 1.807) is 17.8 Å². The van der Waals surface area contributed by atoms with Crippen LogP contribution in [0.25, 0.3) is 16.6 Å². The highest BCUT2D eigenvalue weighted by Crippen LogP contribution is 2.29. The maximum Gasteiger partial charge on any atom is 0.255 e. The summed E-state index contributed by atoms with van der Waals surface area (Å²) in [5.74, 6) is 0.592. The summed E-state index contributed by atoms with van der Waals surface area (Å²) in [6.07, 6.45) is 4.96. The quantitative estimate of drug-likeness (QED) is 0.452. The van der Waals surface area contributed by atoms with Crippen LogP contribution in [-0.4, -0.2) is 46.8 Å². The number of nitrogens with zero attached hydrogens (tertiary/aromatic N) is 3. The molecule has 9 heteroatoms. The summed E-state index contributed by atoms with van der Waals surface area (Å²) in [6, 6.07) is 9.55. The van der Waals surface area contributed by atoms with Crippen molar-refractivity contribution in [2.45, 2.75) is 25.0 Å². The second-order valence-corrected chi connectivity index (χ2v) is 7.30. The summed E-state index contributed by atoms with van der Waals surface area (Å²) in [5.41, 5.74) is 4.27. The number of anilines is 3. The van der Waals surface area contributed by atoms with E-state index in [2.05, 4.69) is 26.0 Å². The fraction of sp³-hybridized carbons (Fsp3) is 0.286. The first-order chi connectivity index (χ1) is 14.7. The summed E-state index contributed by atoms with van der Waals surface area (Å²) < 4.78 is 12.5. The van der Waals surface area contributed by atoms with Crippen molar-refractivity contribution in [3.05, 3.63) is 48.5 Å². The minimum Gasteiger partial charge on any atom is -0.443 e. The molecular weight excluding hydrogens is 384 g/mol. The number of hydrogen-bond acceptors (Lipinski definition) is 7. The van der Waals surface area contributed by atoms with Crippen LogP contribution < -0.4 is 16.0 Å². The number of para-hydroxylation sites is 1. The number of methoxy groups -OCH3 is 1. The van der Waals surface area contributed by atoms with Crippen molar-refractivity contribution in [1.29, 1.82) is 0 Å². The van der Waals surface area contributed by atoms with Crippen molar-refractivity contribution in [3.8, 4) is 0 Å². The molecule has 1 saturated carbocycles. The number of fused-ring (bicyclic) bond motifs is 2. The Labute approximate surface area is 172 Å². The maximum atomic E-state index is 12.9. The summed E-state index contributed by atoms with van der Waals surface area (Å²) >= 11 is 0. The monoisotopic (exact) mass is 406 g/mol. The minimum absolute atomic E-state index is 0.0345. The Hall–Kier alpha value is -3.59. The van der Waals surface area contributed by atoms with E-state index in [1.165, 1.54) is 6.39 Å². The van der Waals surface area contributed by atoms with Gasteiger partial charge in [0.25, 0.3) is 5.91 Å². The Balaban J connectivity index is 1.50. The molecule has 0 bridgehead atoms. The third kappa shape index (κ3) is 3.03. The number of aromatic nitrogens is 3. The summed E-state index contributed by atoms with van der Waals surface area (Å²) in [4.78, 5) is 17.2. The zero-order chi connectivity index (χ0) is 20.7. The second-order valence-electron chi connectivity index (χ2n) is 7.30. The van der Waals surface area contributed by atoms with Crippen LogP contribution in [0.4, 0.5) is 17.2 Å². The van der Waals surface area contributed by atoms with E-state index in [0.29, 0.717) is 16.7 Å². The smallest absolute Gasteiger partial charge is 0.255 e. The van der Waals surface area contributed by atoms with Gasteiger partial charge in [0.15, 0.2) is 12.0 Å². The van der Waals surface area contributed by atoms with Crippen LogP contribution in [0.3, 0.4) is 0 Å². The average molecular weight is 406 g/mol. The topological polar surface area (TPSA) is 106 Å². The van der Waals surface area contributed by atoms with Gasteiger partial charge >= 0.3 is 0 Å². The van der Waals surface area contributed by atoms with Gasteiger partial charge < -0.3 is 25.1 Å². The normalized spacial score (nSPS) is 18.3. The zero-order valence-electron chi connectivity index (χ0n) is 16.7. The largest absolute Gasteiger partial charge is 0.443 e. The van der Waals surface area contributed by atoms with Gasteiger partial charge in [0.05, 0.1) is 35.1 Å². The molecule has 0 spiro atoms. The molecule has 1 amide bonds. The van der Waals surface area contributed by atoms with E-state index in [9.17, 15) is 4.79 Å². The highest BCUT2D eigenvalue weighted by molar-refractivity contribution is 6.02. The number of oxazole rings is 1. The fourth-order valence-corrected chi connectivity index (χ4v) is 3.82. The Morgan fingerprint density at radius 2 is 2.20 bits per heavy atom. The molecule has 1 fully saturated rings. The van der Waals surface area contributed by atoms with Gasteiger partial charge in [-0.3, -0.25) is 4.79 Å². The second kappa shape index (κ2) is 7.34. The lowest BCUT2D eigenvalue weighted by atomic mass is 9.89. The number of hydrogen-bond donors (Lipinski definition) is 3. The van der Waals surface area contributed by atoms with E-state index in [-0.39, 0.29) is 18.1 Å². The summed E-state index contributed by atoms with van der Waals surface area (Å²) in [5, 5.41) is 14.0. The molecule has 9 nitrogen and oxygen atoms in total. The summed E-state index contributed by atoms with van der Waals surface area (Å²) in [7, 11) is 3.49. The molecular formula is C21H22N6O3. The third-order valence-corrected chi connectivity index (χ3v) is 5.59. The molecule has 2 atom stereocenters. The number of nitrogens with one attached hydrogen (secondary N) is 3. The van der Waals surface area contributed by atoms with Gasteiger partial charge in [0, 0.05) is 25.9 Å². The molecule has 3 aromatic heterocycles. The van der Waals surface area contributed by atoms with Gasteiger partial charge in [0.2, 0.25) is 0 Å². The molecule has 154 valence electrons. The van der Waals surface area contributed by atoms with Crippen LogP contribution in [0, 0.1) is 0 Å². The SMILES string of the molecule is CNc1cc(Nc2cccc3ocnc23)cc2c(C(=O)NC3CCC3OC)cnn12. The average Bonchev–Trinajstić information content (AvgIpc) is 3.38.